The van der Waals surface area contributed by atoms with Crippen molar-refractivity contribution < 1.29 is 18.1 Å². The summed E-state index contributed by atoms with van der Waals surface area (Å²) in [6.07, 6.45) is -4.48. The average molecular weight is 324 g/mol. The molecule has 0 aliphatic carbocycles. The monoisotopic (exact) mass is 324 g/mol. The van der Waals surface area contributed by atoms with E-state index in [9.17, 15) is 23.3 Å². The van der Waals surface area contributed by atoms with Crippen molar-refractivity contribution in [1.82, 2.24) is 0 Å². The van der Waals surface area contributed by atoms with Crippen molar-refractivity contribution in [2.45, 2.75) is 6.18 Å². The van der Waals surface area contributed by atoms with Crippen molar-refractivity contribution in [3.8, 4) is 0 Å². The highest BCUT2D eigenvalue weighted by atomic mass is 19.4. The van der Waals surface area contributed by atoms with Gasteiger partial charge in [0.15, 0.2) is 5.96 Å². The maximum atomic E-state index is 12.6. The molecule has 6 nitrogen and oxygen atoms in total. The number of halogens is 3. The van der Waals surface area contributed by atoms with Crippen LogP contribution in [0.3, 0.4) is 0 Å². The van der Waals surface area contributed by atoms with E-state index in [4.69, 9.17) is 5.73 Å². The first kappa shape index (κ1) is 16.3. The molecule has 3 N–H and O–H groups in total. The maximum Gasteiger partial charge on any atom is 0.416 e. The largest absolute Gasteiger partial charge is 0.416 e. The summed E-state index contributed by atoms with van der Waals surface area (Å²) >= 11 is 0. The number of nitrogens with zero attached hydrogens (tertiary/aromatic N) is 2. The molecule has 0 spiro atoms. The smallest absolute Gasteiger partial charge is 0.369 e. The van der Waals surface area contributed by atoms with Crippen LogP contribution in [0.4, 0.5) is 30.2 Å². The van der Waals surface area contributed by atoms with Crippen molar-refractivity contribution in [1.29, 1.82) is 0 Å². The number of nitro groups is 1. The number of hydrogen-bond donors (Lipinski definition) is 2. The Hall–Kier alpha value is -3.10. The Morgan fingerprint density at radius 3 is 2.52 bits per heavy atom. The molecule has 0 aromatic heterocycles. The predicted molar refractivity (Wildman–Crippen MR) is 79.4 cm³/mol. The van der Waals surface area contributed by atoms with Gasteiger partial charge in [0.25, 0.3) is 5.69 Å². The minimum atomic E-state index is -4.48. The van der Waals surface area contributed by atoms with Crippen LogP contribution in [0, 0.1) is 10.1 Å². The summed E-state index contributed by atoms with van der Waals surface area (Å²) in [4.78, 5) is 13.9. The van der Waals surface area contributed by atoms with Gasteiger partial charge in [-0.3, -0.25) is 10.1 Å². The fourth-order valence-electron chi connectivity index (χ4n) is 1.76. The van der Waals surface area contributed by atoms with Gasteiger partial charge in [-0.15, -0.1) is 0 Å². The topological polar surface area (TPSA) is 93.5 Å². The predicted octanol–water partition coefficient (Wildman–Crippen LogP) is 3.67. The third-order valence-corrected chi connectivity index (χ3v) is 2.75. The molecule has 2 aromatic rings. The van der Waals surface area contributed by atoms with E-state index >= 15 is 0 Å². The van der Waals surface area contributed by atoms with E-state index in [2.05, 4.69) is 10.3 Å². The standard InChI is InChI=1S/C14H11F3N4O2/c15-14(16,17)9-3-1-4-10(7-9)19-13(18)20-11-5-2-6-12(8-11)21(22)23/h1-8H,(H3,18,19,20). The Morgan fingerprint density at radius 1 is 1.17 bits per heavy atom. The first-order valence-electron chi connectivity index (χ1n) is 6.28. The number of non-ortho nitro benzene ring substituents is 1. The Morgan fingerprint density at radius 2 is 1.87 bits per heavy atom. The number of nitrogens with two attached hydrogens (primary N) is 1. The van der Waals surface area contributed by atoms with Crippen molar-refractivity contribution in [3.05, 3.63) is 64.2 Å². The zero-order valence-electron chi connectivity index (χ0n) is 11.5. The summed E-state index contributed by atoms with van der Waals surface area (Å²) in [5, 5.41) is 13.3. The second-order valence-corrected chi connectivity index (χ2v) is 4.48. The number of benzene rings is 2. The molecule has 2 aromatic carbocycles. The lowest BCUT2D eigenvalue weighted by atomic mass is 10.2. The SMILES string of the molecule is NC(=Nc1cccc(C(F)(F)F)c1)Nc1cccc([N+](=O)[O-])c1. The van der Waals surface area contributed by atoms with Crippen LogP contribution in [0.5, 0.6) is 0 Å². The number of anilines is 1. The summed E-state index contributed by atoms with van der Waals surface area (Å²) in [6, 6.07) is 9.82. The van der Waals surface area contributed by atoms with Crippen LogP contribution in [-0.4, -0.2) is 10.9 Å². The molecule has 0 heterocycles. The average Bonchev–Trinajstić information content (AvgIpc) is 2.46. The van der Waals surface area contributed by atoms with E-state index in [0.717, 1.165) is 12.1 Å². The van der Waals surface area contributed by atoms with Crippen LogP contribution >= 0.6 is 0 Å². The van der Waals surface area contributed by atoms with E-state index in [1.807, 2.05) is 0 Å². The Bertz CT molecular complexity index is 760. The number of nitro benzene ring substituents is 1. The third kappa shape index (κ3) is 4.43. The second-order valence-electron chi connectivity index (χ2n) is 4.48. The quantitative estimate of drug-likeness (QED) is 0.390. The number of nitrogens with one attached hydrogen (secondary N) is 1. The second kappa shape index (κ2) is 6.34. The van der Waals surface area contributed by atoms with Gasteiger partial charge in [0, 0.05) is 17.8 Å². The van der Waals surface area contributed by atoms with Gasteiger partial charge >= 0.3 is 6.18 Å². The molecule has 9 heteroatoms. The molecule has 2 rings (SSSR count). The molecule has 0 saturated carbocycles. The third-order valence-electron chi connectivity index (χ3n) is 2.75. The molecule has 0 aliphatic heterocycles. The van der Waals surface area contributed by atoms with E-state index in [1.54, 1.807) is 0 Å². The molecule has 0 bridgehead atoms. The molecule has 0 saturated heterocycles. The van der Waals surface area contributed by atoms with Gasteiger partial charge in [-0.05, 0) is 24.3 Å². The van der Waals surface area contributed by atoms with E-state index in [-0.39, 0.29) is 17.3 Å². The normalized spacial score (nSPS) is 12.0. The molecule has 0 radical (unpaired) electrons. The van der Waals surface area contributed by atoms with Crippen LogP contribution < -0.4 is 11.1 Å². The molecule has 0 atom stereocenters. The van der Waals surface area contributed by atoms with Gasteiger partial charge in [0.2, 0.25) is 0 Å². The lowest BCUT2D eigenvalue weighted by Gasteiger charge is -2.08. The van der Waals surface area contributed by atoms with Crippen molar-refractivity contribution >= 4 is 23.0 Å². The zero-order valence-corrected chi connectivity index (χ0v) is 11.5. The van der Waals surface area contributed by atoms with E-state index in [1.165, 1.54) is 36.4 Å². The number of aliphatic imine (C=N–C) groups is 1. The highest BCUT2D eigenvalue weighted by Gasteiger charge is 2.30. The number of alkyl halides is 3. The van der Waals surface area contributed by atoms with Crippen molar-refractivity contribution in [3.63, 3.8) is 0 Å². The highest BCUT2D eigenvalue weighted by Crippen LogP contribution is 2.31. The lowest BCUT2D eigenvalue weighted by molar-refractivity contribution is -0.384. The summed E-state index contributed by atoms with van der Waals surface area (Å²) in [5.74, 6) is -0.190. The summed E-state index contributed by atoms with van der Waals surface area (Å²) in [5.41, 5.74) is 4.92. The minimum absolute atomic E-state index is 0.00950. The Balaban J connectivity index is 2.20. The Labute approximate surface area is 128 Å². The fourth-order valence-corrected chi connectivity index (χ4v) is 1.76. The van der Waals surface area contributed by atoms with Crippen molar-refractivity contribution in [2.75, 3.05) is 5.32 Å². The number of guanidine groups is 1. The molecular weight excluding hydrogens is 313 g/mol. The molecule has 120 valence electrons. The van der Waals surface area contributed by atoms with E-state index < -0.39 is 16.7 Å². The number of rotatable bonds is 3. The van der Waals surface area contributed by atoms with Gasteiger partial charge in [-0.25, -0.2) is 4.99 Å². The molecule has 0 amide bonds. The summed E-state index contributed by atoms with van der Waals surface area (Å²) < 4.78 is 37.8. The van der Waals surface area contributed by atoms with Gasteiger partial charge in [0.05, 0.1) is 16.2 Å². The zero-order chi connectivity index (χ0) is 17.0. The fraction of sp³-hybridized carbons (Fsp3) is 0.0714. The highest BCUT2D eigenvalue weighted by molar-refractivity contribution is 5.94. The van der Waals surface area contributed by atoms with Crippen LogP contribution in [0.25, 0.3) is 0 Å². The summed E-state index contributed by atoms with van der Waals surface area (Å²) in [7, 11) is 0. The molecule has 0 aliphatic rings. The first-order chi connectivity index (χ1) is 10.8. The Kier molecular flexibility index (Phi) is 4.49. The lowest BCUT2D eigenvalue weighted by Crippen LogP contribution is -2.22. The first-order valence-corrected chi connectivity index (χ1v) is 6.28. The van der Waals surface area contributed by atoms with Crippen LogP contribution in [0.1, 0.15) is 5.56 Å². The molecule has 0 fully saturated rings. The van der Waals surface area contributed by atoms with Crippen LogP contribution in [-0.2, 0) is 6.18 Å². The molecular formula is C14H11F3N4O2. The van der Waals surface area contributed by atoms with E-state index in [0.29, 0.717) is 5.69 Å². The van der Waals surface area contributed by atoms with Gasteiger partial charge in [0.1, 0.15) is 0 Å². The van der Waals surface area contributed by atoms with Gasteiger partial charge < -0.3 is 11.1 Å². The maximum absolute atomic E-state index is 12.6. The van der Waals surface area contributed by atoms with Crippen LogP contribution in [0.15, 0.2) is 53.5 Å². The van der Waals surface area contributed by atoms with Gasteiger partial charge in [-0.1, -0.05) is 12.1 Å². The molecule has 23 heavy (non-hydrogen) atoms. The minimum Gasteiger partial charge on any atom is -0.369 e. The van der Waals surface area contributed by atoms with Crippen molar-refractivity contribution in [2.24, 2.45) is 10.7 Å². The summed E-state index contributed by atoms with van der Waals surface area (Å²) in [6.45, 7) is 0. The number of hydrogen-bond acceptors (Lipinski definition) is 3. The molecule has 0 unspecified atom stereocenters. The van der Waals surface area contributed by atoms with Crippen LogP contribution in [0.2, 0.25) is 0 Å². The van der Waals surface area contributed by atoms with Gasteiger partial charge in [-0.2, -0.15) is 13.2 Å².